The van der Waals surface area contributed by atoms with E-state index in [1.807, 2.05) is 0 Å². The molecular weight excluding hydrogens is 332 g/mol. The van der Waals surface area contributed by atoms with Crippen LogP contribution in [0, 0.1) is 6.92 Å². The fourth-order valence-electron chi connectivity index (χ4n) is 3.07. The second kappa shape index (κ2) is 8.21. The number of rotatable bonds is 7. The number of fused-ring (bicyclic) bond motifs is 1. The molecule has 1 amide bonds. The highest BCUT2D eigenvalue weighted by Crippen LogP contribution is 2.41. The van der Waals surface area contributed by atoms with Crippen molar-refractivity contribution in [2.24, 2.45) is 0 Å². The second-order valence-corrected chi connectivity index (χ2v) is 6.53. The van der Waals surface area contributed by atoms with Crippen LogP contribution in [0.2, 0.25) is 0 Å². The number of phenols is 1. The Morgan fingerprint density at radius 1 is 1.31 bits per heavy atom. The summed E-state index contributed by atoms with van der Waals surface area (Å²) in [7, 11) is 0. The number of ether oxygens (including phenoxy) is 1. The smallest absolute Gasteiger partial charge is 0.262 e. The van der Waals surface area contributed by atoms with Crippen LogP contribution in [0.4, 0.5) is 5.69 Å². The molecule has 0 saturated carbocycles. The Bertz CT molecular complexity index is 791. The molecule has 0 saturated heterocycles. The molecular formula is C20H24N2O4. The molecule has 1 aliphatic heterocycles. The Morgan fingerprint density at radius 2 is 2.15 bits per heavy atom. The maximum atomic E-state index is 11.4. The molecule has 0 aliphatic carbocycles. The topological polar surface area (TPSA) is 90.8 Å². The standard InChI is InChI=1S/C20H24N2O4/c1-13-4-2-5-14(10-13)6-3-9-21-11-17(24)15-7-8-16(23)19-20(15)26-12-18(25)22-19/h2,4-5,7-8,10,17,21,23-24H,3,6,9,11-12H2,1H3,(H,22,25). The molecule has 3 rings (SSSR count). The van der Waals surface area contributed by atoms with Crippen LogP contribution in [-0.4, -0.2) is 35.8 Å². The fraction of sp³-hybridized carbons (Fsp3) is 0.350. The molecule has 1 atom stereocenters. The third-order valence-electron chi connectivity index (χ3n) is 4.38. The minimum atomic E-state index is -0.793. The maximum Gasteiger partial charge on any atom is 0.262 e. The summed E-state index contributed by atoms with van der Waals surface area (Å²) in [5.74, 6) is -0.0671. The Balaban J connectivity index is 1.52. The molecule has 2 aromatic carbocycles. The van der Waals surface area contributed by atoms with Crippen molar-refractivity contribution < 1.29 is 19.7 Å². The van der Waals surface area contributed by atoms with E-state index in [4.69, 9.17) is 4.74 Å². The Labute approximate surface area is 152 Å². The first kappa shape index (κ1) is 18.2. The number of carbonyl (C=O) groups is 1. The van der Waals surface area contributed by atoms with Crippen LogP contribution in [0.25, 0.3) is 0 Å². The first-order valence-electron chi connectivity index (χ1n) is 8.77. The molecule has 4 N–H and O–H groups in total. The van der Waals surface area contributed by atoms with E-state index in [2.05, 4.69) is 41.8 Å². The number of aliphatic hydroxyl groups excluding tert-OH is 1. The fourth-order valence-corrected chi connectivity index (χ4v) is 3.07. The molecule has 0 fully saturated rings. The van der Waals surface area contributed by atoms with Crippen molar-refractivity contribution >= 4 is 11.6 Å². The molecule has 26 heavy (non-hydrogen) atoms. The number of amides is 1. The number of aliphatic hydroxyl groups is 1. The van der Waals surface area contributed by atoms with Gasteiger partial charge in [-0.05, 0) is 44.0 Å². The molecule has 0 radical (unpaired) electrons. The summed E-state index contributed by atoms with van der Waals surface area (Å²) in [5, 5.41) is 26.1. The summed E-state index contributed by atoms with van der Waals surface area (Å²) in [6.07, 6.45) is 1.16. The number of phenolic OH excluding ortho intramolecular Hbond substituents is 1. The summed E-state index contributed by atoms with van der Waals surface area (Å²) >= 11 is 0. The van der Waals surface area contributed by atoms with Gasteiger partial charge in [-0.25, -0.2) is 0 Å². The molecule has 0 aromatic heterocycles. The number of hydrogen-bond acceptors (Lipinski definition) is 5. The van der Waals surface area contributed by atoms with Crippen molar-refractivity contribution in [2.75, 3.05) is 25.0 Å². The number of hydrogen-bond donors (Lipinski definition) is 4. The average Bonchev–Trinajstić information content (AvgIpc) is 2.62. The van der Waals surface area contributed by atoms with Crippen molar-refractivity contribution in [2.45, 2.75) is 25.9 Å². The van der Waals surface area contributed by atoms with Gasteiger partial charge in [-0.1, -0.05) is 29.8 Å². The molecule has 1 unspecified atom stereocenters. The number of aromatic hydroxyl groups is 1. The van der Waals surface area contributed by atoms with Crippen LogP contribution in [0.5, 0.6) is 11.5 Å². The lowest BCUT2D eigenvalue weighted by molar-refractivity contribution is -0.118. The predicted molar refractivity (Wildman–Crippen MR) is 99.6 cm³/mol. The minimum Gasteiger partial charge on any atom is -0.506 e. The van der Waals surface area contributed by atoms with Crippen LogP contribution in [0.15, 0.2) is 36.4 Å². The molecule has 6 nitrogen and oxygen atoms in total. The Kier molecular flexibility index (Phi) is 5.75. The van der Waals surface area contributed by atoms with Gasteiger partial charge in [0.2, 0.25) is 0 Å². The van der Waals surface area contributed by atoms with Gasteiger partial charge in [0.1, 0.15) is 11.4 Å². The number of anilines is 1. The van der Waals surface area contributed by atoms with Crippen molar-refractivity contribution in [1.82, 2.24) is 5.32 Å². The quantitative estimate of drug-likeness (QED) is 0.451. The summed E-state index contributed by atoms with van der Waals surface area (Å²) in [6, 6.07) is 11.5. The van der Waals surface area contributed by atoms with E-state index in [1.54, 1.807) is 6.07 Å². The lowest BCUT2D eigenvalue weighted by Gasteiger charge is -2.23. The zero-order valence-corrected chi connectivity index (χ0v) is 14.8. The van der Waals surface area contributed by atoms with Crippen LogP contribution in [0.1, 0.15) is 29.2 Å². The van der Waals surface area contributed by atoms with E-state index < -0.39 is 6.10 Å². The number of benzene rings is 2. The van der Waals surface area contributed by atoms with Crippen LogP contribution >= 0.6 is 0 Å². The van der Waals surface area contributed by atoms with E-state index in [0.717, 1.165) is 19.4 Å². The van der Waals surface area contributed by atoms with Crippen molar-refractivity contribution in [3.05, 3.63) is 53.1 Å². The molecule has 1 aliphatic rings. The van der Waals surface area contributed by atoms with Crippen LogP contribution in [-0.2, 0) is 11.2 Å². The van der Waals surface area contributed by atoms with Gasteiger partial charge in [0, 0.05) is 12.1 Å². The monoisotopic (exact) mass is 356 g/mol. The van der Waals surface area contributed by atoms with Gasteiger partial charge in [-0.15, -0.1) is 0 Å². The van der Waals surface area contributed by atoms with E-state index in [0.29, 0.717) is 17.9 Å². The summed E-state index contributed by atoms with van der Waals surface area (Å²) < 4.78 is 5.41. The highest BCUT2D eigenvalue weighted by molar-refractivity contribution is 5.97. The highest BCUT2D eigenvalue weighted by Gasteiger charge is 2.25. The van der Waals surface area contributed by atoms with Crippen LogP contribution < -0.4 is 15.4 Å². The summed E-state index contributed by atoms with van der Waals surface area (Å²) in [4.78, 5) is 11.4. The lowest BCUT2D eigenvalue weighted by atomic mass is 10.0. The zero-order valence-electron chi connectivity index (χ0n) is 14.8. The maximum absolute atomic E-state index is 11.4. The van der Waals surface area contributed by atoms with Gasteiger partial charge in [-0.2, -0.15) is 0 Å². The first-order chi connectivity index (χ1) is 12.5. The van der Waals surface area contributed by atoms with E-state index in [-0.39, 0.29) is 24.0 Å². The lowest BCUT2D eigenvalue weighted by Crippen LogP contribution is -2.28. The van der Waals surface area contributed by atoms with Crippen molar-refractivity contribution in [3.8, 4) is 11.5 Å². The molecule has 138 valence electrons. The molecule has 0 spiro atoms. The minimum absolute atomic E-state index is 0.0740. The molecule has 1 heterocycles. The molecule has 6 heteroatoms. The SMILES string of the molecule is Cc1cccc(CCCNCC(O)c2ccc(O)c3c2OCC(=O)N3)c1. The summed E-state index contributed by atoms with van der Waals surface area (Å²) in [6.45, 7) is 3.10. The van der Waals surface area contributed by atoms with Crippen molar-refractivity contribution in [3.63, 3.8) is 0 Å². The average molecular weight is 356 g/mol. The first-order valence-corrected chi connectivity index (χ1v) is 8.77. The number of aryl methyl sites for hydroxylation is 2. The normalized spacial score (nSPS) is 14.3. The van der Waals surface area contributed by atoms with Gasteiger partial charge in [-0.3, -0.25) is 4.79 Å². The molecule has 2 aromatic rings. The third kappa shape index (κ3) is 4.33. The largest absolute Gasteiger partial charge is 0.506 e. The van der Waals surface area contributed by atoms with E-state index in [9.17, 15) is 15.0 Å². The van der Waals surface area contributed by atoms with E-state index in [1.165, 1.54) is 17.2 Å². The predicted octanol–water partition coefficient (Wildman–Crippen LogP) is 2.29. The third-order valence-corrected chi connectivity index (χ3v) is 4.38. The van der Waals surface area contributed by atoms with Gasteiger partial charge >= 0.3 is 0 Å². The Morgan fingerprint density at radius 3 is 2.96 bits per heavy atom. The van der Waals surface area contributed by atoms with Gasteiger partial charge in [0.15, 0.2) is 12.4 Å². The van der Waals surface area contributed by atoms with E-state index >= 15 is 0 Å². The van der Waals surface area contributed by atoms with Gasteiger partial charge in [0.25, 0.3) is 5.91 Å². The molecule has 0 bridgehead atoms. The zero-order chi connectivity index (χ0) is 18.5. The highest BCUT2D eigenvalue weighted by atomic mass is 16.5. The van der Waals surface area contributed by atoms with Crippen LogP contribution in [0.3, 0.4) is 0 Å². The van der Waals surface area contributed by atoms with Crippen molar-refractivity contribution in [1.29, 1.82) is 0 Å². The summed E-state index contributed by atoms with van der Waals surface area (Å²) in [5.41, 5.74) is 3.33. The Hall–Kier alpha value is -2.57. The number of nitrogens with one attached hydrogen (secondary N) is 2. The number of carbonyl (C=O) groups excluding carboxylic acids is 1. The van der Waals surface area contributed by atoms with Gasteiger partial charge < -0.3 is 25.6 Å². The van der Waals surface area contributed by atoms with Gasteiger partial charge in [0.05, 0.1) is 6.10 Å². The second-order valence-electron chi connectivity index (χ2n) is 6.53.